The second-order valence-corrected chi connectivity index (χ2v) is 7.21. The number of hydrogen-bond donors (Lipinski definition) is 1. The molecular weight excluding hydrogens is 352 g/mol. The van der Waals surface area contributed by atoms with Crippen molar-refractivity contribution >= 4 is 11.7 Å². The van der Waals surface area contributed by atoms with Crippen LogP contribution >= 0.6 is 0 Å². The molecule has 0 aliphatic carbocycles. The highest BCUT2D eigenvalue weighted by Gasteiger charge is 2.21. The number of carbonyl (C=O) groups is 2. The first-order chi connectivity index (χ1) is 13.7. The van der Waals surface area contributed by atoms with Gasteiger partial charge in [-0.25, -0.2) is 0 Å². The molecule has 148 valence electrons. The molecule has 1 N–H and O–H groups in total. The lowest BCUT2D eigenvalue weighted by atomic mass is 10.0. The molecule has 1 saturated heterocycles. The van der Waals surface area contributed by atoms with Crippen LogP contribution in [0, 0.1) is 0 Å². The van der Waals surface area contributed by atoms with E-state index >= 15 is 0 Å². The number of hydrogen-bond acceptors (Lipinski definition) is 4. The predicted molar refractivity (Wildman–Crippen MR) is 110 cm³/mol. The number of benzene rings is 2. The largest absolute Gasteiger partial charge is 0.497 e. The van der Waals surface area contributed by atoms with Gasteiger partial charge in [-0.3, -0.25) is 9.59 Å². The fourth-order valence-corrected chi connectivity index (χ4v) is 3.54. The Labute approximate surface area is 166 Å². The molecule has 0 bridgehead atoms. The standard InChI is InChI=1S/C23H28N2O3/c1-28-21-11-9-18(10-12-21)22(26)8-5-15-25-16-13-20(14-17-25)24-23(27)19-6-3-2-4-7-19/h2-4,6-7,9-12,20H,5,8,13-17H2,1H3,(H,24,27). The smallest absolute Gasteiger partial charge is 0.251 e. The third-order valence-electron chi connectivity index (χ3n) is 5.25. The van der Waals surface area contributed by atoms with Crippen LogP contribution in [0.5, 0.6) is 5.75 Å². The van der Waals surface area contributed by atoms with Crippen LogP contribution in [0.2, 0.25) is 0 Å². The molecule has 0 saturated carbocycles. The number of piperidine rings is 1. The lowest BCUT2D eigenvalue weighted by Gasteiger charge is -2.32. The SMILES string of the molecule is COc1ccc(C(=O)CCCN2CCC(NC(=O)c3ccccc3)CC2)cc1. The van der Waals surface area contributed by atoms with Gasteiger partial charge in [0.05, 0.1) is 7.11 Å². The zero-order chi connectivity index (χ0) is 19.8. The number of Topliss-reactive ketones (excluding diaryl/α,β-unsaturated/α-hetero) is 1. The highest BCUT2D eigenvalue weighted by atomic mass is 16.5. The summed E-state index contributed by atoms with van der Waals surface area (Å²) in [7, 11) is 1.62. The number of amides is 1. The molecule has 0 aromatic heterocycles. The normalized spacial score (nSPS) is 15.2. The van der Waals surface area contributed by atoms with E-state index in [9.17, 15) is 9.59 Å². The van der Waals surface area contributed by atoms with Gasteiger partial charge in [-0.05, 0) is 62.2 Å². The van der Waals surface area contributed by atoms with Crippen LogP contribution in [-0.2, 0) is 0 Å². The minimum absolute atomic E-state index is 0.00383. The molecular formula is C23H28N2O3. The summed E-state index contributed by atoms with van der Waals surface area (Å²) in [4.78, 5) is 26.9. The van der Waals surface area contributed by atoms with Gasteiger partial charge in [0.25, 0.3) is 5.91 Å². The van der Waals surface area contributed by atoms with Crippen LogP contribution in [0.1, 0.15) is 46.4 Å². The summed E-state index contributed by atoms with van der Waals surface area (Å²) >= 11 is 0. The molecule has 0 unspecified atom stereocenters. The molecule has 1 aliphatic heterocycles. The molecule has 1 heterocycles. The summed E-state index contributed by atoms with van der Waals surface area (Å²) in [5.41, 5.74) is 1.45. The minimum Gasteiger partial charge on any atom is -0.497 e. The van der Waals surface area contributed by atoms with Gasteiger partial charge >= 0.3 is 0 Å². The Kier molecular flexibility index (Phi) is 7.20. The van der Waals surface area contributed by atoms with E-state index in [1.165, 1.54) is 0 Å². The number of rotatable bonds is 8. The average molecular weight is 380 g/mol. The zero-order valence-electron chi connectivity index (χ0n) is 16.4. The van der Waals surface area contributed by atoms with Crippen LogP contribution in [0.25, 0.3) is 0 Å². The highest BCUT2D eigenvalue weighted by molar-refractivity contribution is 5.96. The summed E-state index contributed by atoms with van der Waals surface area (Å²) < 4.78 is 5.12. The molecule has 5 nitrogen and oxygen atoms in total. The molecule has 1 aliphatic rings. The number of ketones is 1. The van der Waals surface area contributed by atoms with Crippen molar-refractivity contribution in [3.63, 3.8) is 0 Å². The number of nitrogens with zero attached hydrogens (tertiary/aromatic N) is 1. The molecule has 0 radical (unpaired) electrons. The van der Waals surface area contributed by atoms with Crippen molar-refractivity contribution in [2.45, 2.75) is 31.7 Å². The van der Waals surface area contributed by atoms with Crippen LogP contribution in [0.3, 0.4) is 0 Å². The summed E-state index contributed by atoms with van der Waals surface area (Å²) in [6.45, 7) is 2.83. The van der Waals surface area contributed by atoms with Crippen molar-refractivity contribution < 1.29 is 14.3 Å². The molecule has 2 aromatic carbocycles. The lowest BCUT2D eigenvalue weighted by Crippen LogP contribution is -2.44. The van der Waals surface area contributed by atoms with E-state index in [4.69, 9.17) is 4.74 Å². The first-order valence-corrected chi connectivity index (χ1v) is 9.91. The van der Waals surface area contributed by atoms with E-state index < -0.39 is 0 Å². The van der Waals surface area contributed by atoms with Crippen LogP contribution < -0.4 is 10.1 Å². The van der Waals surface area contributed by atoms with E-state index in [1.54, 1.807) is 7.11 Å². The number of carbonyl (C=O) groups excluding carboxylic acids is 2. The van der Waals surface area contributed by atoms with Gasteiger partial charge in [-0.2, -0.15) is 0 Å². The number of ether oxygens (including phenoxy) is 1. The maximum absolute atomic E-state index is 12.3. The predicted octanol–water partition coefficient (Wildman–Crippen LogP) is 3.55. The van der Waals surface area contributed by atoms with E-state index in [2.05, 4.69) is 10.2 Å². The quantitative estimate of drug-likeness (QED) is 0.712. The second kappa shape index (κ2) is 10.0. The van der Waals surface area contributed by atoms with Gasteiger partial charge in [0.15, 0.2) is 5.78 Å². The highest BCUT2D eigenvalue weighted by Crippen LogP contribution is 2.15. The van der Waals surface area contributed by atoms with Gasteiger partial charge in [0, 0.05) is 36.7 Å². The summed E-state index contributed by atoms with van der Waals surface area (Å²) in [5, 5.41) is 3.13. The van der Waals surface area contributed by atoms with Crippen molar-refractivity contribution in [3.8, 4) is 5.75 Å². The Balaban J connectivity index is 1.35. The second-order valence-electron chi connectivity index (χ2n) is 7.21. The molecule has 2 aromatic rings. The third kappa shape index (κ3) is 5.67. The third-order valence-corrected chi connectivity index (χ3v) is 5.25. The van der Waals surface area contributed by atoms with Crippen LogP contribution in [0.4, 0.5) is 0 Å². The van der Waals surface area contributed by atoms with E-state index in [-0.39, 0.29) is 17.7 Å². The lowest BCUT2D eigenvalue weighted by molar-refractivity contribution is 0.0903. The van der Waals surface area contributed by atoms with Crippen molar-refractivity contribution in [1.82, 2.24) is 10.2 Å². The molecule has 28 heavy (non-hydrogen) atoms. The number of nitrogens with one attached hydrogen (secondary N) is 1. The maximum Gasteiger partial charge on any atom is 0.251 e. The Hall–Kier alpha value is -2.66. The molecule has 0 atom stereocenters. The summed E-state index contributed by atoms with van der Waals surface area (Å²) in [6, 6.07) is 16.9. The van der Waals surface area contributed by atoms with E-state index in [0.717, 1.165) is 50.2 Å². The first-order valence-electron chi connectivity index (χ1n) is 9.91. The molecule has 1 amide bonds. The Bertz CT molecular complexity index is 766. The van der Waals surface area contributed by atoms with Gasteiger partial charge in [0.1, 0.15) is 5.75 Å². The molecule has 5 heteroatoms. The van der Waals surface area contributed by atoms with Gasteiger partial charge in [-0.15, -0.1) is 0 Å². The van der Waals surface area contributed by atoms with Gasteiger partial charge in [-0.1, -0.05) is 18.2 Å². The number of likely N-dealkylation sites (tertiary alicyclic amines) is 1. The fourth-order valence-electron chi connectivity index (χ4n) is 3.54. The minimum atomic E-state index is 0.00383. The van der Waals surface area contributed by atoms with Crippen LogP contribution in [-0.4, -0.2) is 49.4 Å². The summed E-state index contributed by atoms with van der Waals surface area (Å²) in [6.07, 6.45) is 3.30. The molecule has 1 fully saturated rings. The van der Waals surface area contributed by atoms with Gasteiger partial charge in [0.2, 0.25) is 0 Å². The monoisotopic (exact) mass is 380 g/mol. The van der Waals surface area contributed by atoms with E-state index in [0.29, 0.717) is 12.0 Å². The van der Waals surface area contributed by atoms with Crippen LogP contribution in [0.15, 0.2) is 54.6 Å². The van der Waals surface area contributed by atoms with Crippen molar-refractivity contribution in [1.29, 1.82) is 0 Å². The van der Waals surface area contributed by atoms with E-state index in [1.807, 2.05) is 54.6 Å². The molecule has 0 spiro atoms. The first kappa shape index (κ1) is 20.1. The average Bonchev–Trinajstić information content (AvgIpc) is 2.75. The zero-order valence-corrected chi connectivity index (χ0v) is 16.4. The van der Waals surface area contributed by atoms with Crippen molar-refractivity contribution in [2.24, 2.45) is 0 Å². The summed E-state index contributed by atoms with van der Waals surface area (Å²) in [5.74, 6) is 0.940. The topological polar surface area (TPSA) is 58.6 Å². The molecule has 3 rings (SSSR count). The Morgan fingerprint density at radius 2 is 1.68 bits per heavy atom. The fraction of sp³-hybridized carbons (Fsp3) is 0.391. The van der Waals surface area contributed by atoms with Crippen molar-refractivity contribution in [2.75, 3.05) is 26.7 Å². The van der Waals surface area contributed by atoms with Crippen molar-refractivity contribution in [3.05, 3.63) is 65.7 Å². The maximum atomic E-state index is 12.3. The number of methoxy groups -OCH3 is 1. The Morgan fingerprint density at radius 1 is 1.00 bits per heavy atom. The van der Waals surface area contributed by atoms with Gasteiger partial charge < -0.3 is 15.0 Å². The Morgan fingerprint density at radius 3 is 2.32 bits per heavy atom.